The van der Waals surface area contributed by atoms with E-state index in [4.69, 9.17) is 0 Å². The highest BCUT2D eigenvalue weighted by Crippen LogP contribution is 2.28. The number of piperidine rings is 1. The topological polar surface area (TPSA) is 32.3 Å². The summed E-state index contributed by atoms with van der Waals surface area (Å²) in [6.45, 7) is 9.52. The van der Waals surface area contributed by atoms with Crippen LogP contribution in [0.4, 0.5) is 0 Å². The number of nitrogens with zero attached hydrogens (tertiary/aromatic N) is 1. The molecule has 0 spiro atoms. The summed E-state index contributed by atoms with van der Waals surface area (Å²) >= 11 is 0. The molecule has 1 aromatic carbocycles. The lowest BCUT2D eigenvalue weighted by Crippen LogP contribution is -2.48. The van der Waals surface area contributed by atoms with E-state index in [0.29, 0.717) is 17.9 Å². The molecule has 1 saturated heterocycles. The molecule has 3 nitrogen and oxygen atoms in total. The number of amides is 1. The van der Waals surface area contributed by atoms with E-state index in [0.717, 1.165) is 31.6 Å². The van der Waals surface area contributed by atoms with Crippen molar-refractivity contribution in [1.29, 1.82) is 0 Å². The Morgan fingerprint density at radius 1 is 1.24 bits per heavy atom. The van der Waals surface area contributed by atoms with E-state index in [9.17, 15) is 4.79 Å². The molecule has 3 unspecified atom stereocenters. The van der Waals surface area contributed by atoms with Crippen LogP contribution in [0.1, 0.15) is 48.7 Å². The summed E-state index contributed by atoms with van der Waals surface area (Å²) in [5, 5.41) is 3.38. The molecule has 2 aliphatic rings. The van der Waals surface area contributed by atoms with Gasteiger partial charge in [0.2, 0.25) is 0 Å². The van der Waals surface area contributed by atoms with Crippen LogP contribution in [0.15, 0.2) is 18.2 Å². The van der Waals surface area contributed by atoms with E-state index in [2.05, 4.69) is 43.1 Å². The zero-order chi connectivity index (χ0) is 15.0. The third-order valence-corrected chi connectivity index (χ3v) is 5.20. The number of hydrogen-bond donors (Lipinski definition) is 1. The molecule has 3 heteroatoms. The second kappa shape index (κ2) is 5.80. The van der Waals surface area contributed by atoms with Gasteiger partial charge in [-0.15, -0.1) is 0 Å². The van der Waals surface area contributed by atoms with Crippen LogP contribution >= 0.6 is 0 Å². The second-order valence-electron chi connectivity index (χ2n) is 6.93. The number of hydrogen-bond acceptors (Lipinski definition) is 2. The molecule has 1 N–H and O–H groups in total. The molecule has 0 bridgehead atoms. The van der Waals surface area contributed by atoms with Crippen molar-refractivity contribution in [2.75, 3.05) is 13.1 Å². The first kappa shape index (κ1) is 14.6. The first-order chi connectivity index (χ1) is 10.1. The van der Waals surface area contributed by atoms with Gasteiger partial charge in [-0.05, 0) is 61.4 Å². The van der Waals surface area contributed by atoms with Crippen molar-refractivity contribution in [2.45, 2.75) is 46.2 Å². The van der Waals surface area contributed by atoms with Crippen molar-refractivity contribution in [2.24, 2.45) is 11.8 Å². The molecule has 1 fully saturated rings. The summed E-state index contributed by atoms with van der Waals surface area (Å²) in [6, 6.07) is 6.59. The predicted molar refractivity (Wildman–Crippen MR) is 85.3 cm³/mol. The van der Waals surface area contributed by atoms with Crippen molar-refractivity contribution in [3.63, 3.8) is 0 Å². The minimum Gasteiger partial charge on any atom is -0.335 e. The number of carbonyl (C=O) groups is 1. The fraction of sp³-hybridized carbons (Fsp3) is 0.611. The smallest absolute Gasteiger partial charge is 0.254 e. The van der Waals surface area contributed by atoms with Gasteiger partial charge >= 0.3 is 0 Å². The van der Waals surface area contributed by atoms with Gasteiger partial charge in [-0.1, -0.05) is 19.9 Å². The molecule has 21 heavy (non-hydrogen) atoms. The molecular weight excluding hydrogens is 260 g/mol. The quantitative estimate of drug-likeness (QED) is 0.861. The van der Waals surface area contributed by atoms with Gasteiger partial charge in [0.05, 0.1) is 0 Å². The van der Waals surface area contributed by atoms with Crippen molar-refractivity contribution >= 4 is 5.91 Å². The number of fused-ring (bicyclic) bond motifs is 1. The predicted octanol–water partition coefficient (Wildman–Crippen LogP) is 2.84. The number of rotatable bonds is 1. The minimum absolute atomic E-state index is 0.203. The van der Waals surface area contributed by atoms with Gasteiger partial charge < -0.3 is 10.2 Å². The Labute approximate surface area is 127 Å². The van der Waals surface area contributed by atoms with Gasteiger partial charge in [0, 0.05) is 24.7 Å². The van der Waals surface area contributed by atoms with Gasteiger partial charge in [0.25, 0.3) is 5.91 Å². The molecule has 1 amide bonds. The maximum absolute atomic E-state index is 12.9. The maximum Gasteiger partial charge on any atom is 0.254 e. The van der Waals surface area contributed by atoms with E-state index >= 15 is 0 Å². The monoisotopic (exact) mass is 286 g/mol. The maximum atomic E-state index is 12.9. The third kappa shape index (κ3) is 2.84. The minimum atomic E-state index is 0.203. The summed E-state index contributed by atoms with van der Waals surface area (Å²) in [7, 11) is 0. The van der Waals surface area contributed by atoms with Gasteiger partial charge in [-0.25, -0.2) is 0 Å². The average Bonchev–Trinajstić information content (AvgIpc) is 2.49. The second-order valence-corrected chi connectivity index (χ2v) is 6.93. The Morgan fingerprint density at radius 2 is 2.05 bits per heavy atom. The zero-order valence-corrected chi connectivity index (χ0v) is 13.4. The van der Waals surface area contributed by atoms with E-state index in [1.165, 1.54) is 17.5 Å². The van der Waals surface area contributed by atoms with E-state index in [1.54, 1.807) is 0 Å². The van der Waals surface area contributed by atoms with Crippen LogP contribution in [0.5, 0.6) is 0 Å². The summed E-state index contributed by atoms with van der Waals surface area (Å²) in [5.74, 6) is 1.38. The van der Waals surface area contributed by atoms with Crippen LogP contribution in [0.25, 0.3) is 0 Å². The first-order valence-electron chi connectivity index (χ1n) is 8.19. The van der Waals surface area contributed by atoms with Gasteiger partial charge in [0.1, 0.15) is 0 Å². The van der Waals surface area contributed by atoms with Gasteiger partial charge in [0.15, 0.2) is 0 Å². The molecule has 0 aliphatic carbocycles. The highest BCUT2D eigenvalue weighted by Gasteiger charge is 2.32. The number of benzene rings is 1. The Bertz CT molecular complexity index is 540. The lowest BCUT2D eigenvalue weighted by Gasteiger charge is -2.41. The number of carbonyl (C=O) groups excluding carboxylic acids is 1. The molecule has 1 aromatic rings. The lowest BCUT2D eigenvalue weighted by molar-refractivity contribution is 0.0455. The summed E-state index contributed by atoms with van der Waals surface area (Å²) in [5.41, 5.74) is 3.53. The molecule has 2 aliphatic heterocycles. The Kier molecular flexibility index (Phi) is 4.03. The number of nitrogens with one attached hydrogen (secondary N) is 1. The SMILES string of the molecule is CC1CC(C)C(C)N(C(=O)c2ccc3c(c2)CNCC3)C1. The largest absolute Gasteiger partial charge is 0.335 e. The standard InChI is InChI=1S/C18H26N2O/c1-12-8-13(2)14(3)20(11-12)18(21)16-5-4-15-6-7-19-10-17(15)9-16/h4-5,9,12-14,19H,6-8,10-11H2,1-3H3. The number of likely N-dealkylation sites (tertiary alicyclic amines) is 1. The molecule has 0 radical (unpaired) electrons. The molecule has 0 saturated carbocycles. The highest BCUT2D eigenvalue weighted by atomic mass is 16.2. The molecular formula is C18H26N2O. The summed E-state index contributed by atoms with van der Waals surface area (Å²) < 4.78 is 0. The Hall–Kier alpha value is -1.35. The van der Waals surface area contributed by atoms with Gasteiger partial charge in [-0.3, -0.25) is 4.79 Å². The molecule has 2 heterocycles. The van der Waals surface area contributed by atoms with Crippen molar-refractivity contribution in [3.8, 4) is 0 Å². The molecule has 0 aromatic heterocycles. The average molecular weight is 286 g/mol. The molecule has 114 valence electrons. The van der Waals surface area contributed by atoms with Crippen molar-refractivity contribution in [3.05, 3.63) is 34.9 Å². The fourth-order valence-electron chi connectivity index (χ4n) is 3.76. The molecule has 3 rings (SSSR count). The van der Waals surface area contributed by atoms with Crippen LogP contribution in [0, 0.1) is 11.8 Å². The van der Waals surface area contributed by atoms with Crippen LogP contribution in [-0.2, 0) is 13.0 Å². The zero-order valence-electron chi connectivity index (χ0n) is 13.4. The first-order valence-corrected chi connectivity index (χ1v) is 8.19. The van der Waals surface area contributed by atoms with Crippen LogP contribution in [0.3, 0.4) is 0 Å². The van der Waals surface area contributed by atoms with Gasteiger partial charge in [-0.2, -0.15) is 0 Å². The van der Waals surface area contributed by atoms with E-state index in [-0.39, 0.29) is 5.91 Å². The van der Waals surface area contributed by atoms with Crippen molar-refractivity contribution in [1.82, 2.24) is 10.2 Å². The Balaban J connectivity index is 1.84. The molecule has 3 atom stereocenters. The van der Waals surface area contributed by atoms with E-state index in [1.807, 2.05) is 6.07 Å². The van der Waals surface area contributed by atoms with Crippen LogP contribution in [0.2, 0.25) is 0 Å². The summed E-state index contributed by atoms with van der Waals surface area (Å²) in [6.07, 6.45) is 2.29. The summed E-state index contributed by atoms with van der Waals surface area (Å²) in [4.78, 5) is 15.0. The third-order valence-electron chi connectivity index (χ3n) is 5.20. The van der Waals surface area contributed by atoms with Crippen LogP contribution < -0.4 is 5.32 Å². The highest BCUT2D eigenvalue weighted by molar-refractivity contribution is 5.94. The van der Waals surface area contributed by atoms with Crippen molar-refractivity contribution < 1.29 is 4.79 Å². The Morgan fingerprint density at radius 3 is 2.86 bits per heavy atom. The van der Waals surface area contributed by atoms with Crippen LogP contribution in [-0.4, -0.2) is 29.9 Å². The fourth-order valence-corrected chi connectivity index (χ4v) is 3.76. The normalized spacial score (nSPS) is 29.1. The van der Waals surface area contributed by atoms with E-state index < -0.39 is 0 Å². The lowest BCUT2D eigenvalue weighted by atomic mass is 9.85.